The van der Waals surface area contributed by atoms with E-state index >= 15 is 0 Å². The number of nitrogens with zero attached hydrogens (tertiary/aromatic N) is 2. The first-order chi connectivity index (χ1) is 13.3. The number of aromatic nitrogens is 2. The zero-order valence-electron chi connectivity index (χ0n) is 16.1. The molecule has 0 saturated heterocycles. The van der Waals surface area contributed by atoms with E-state index in [0.29, 0.717) is 22.8 Å². The smallest absolute Gasteiger partial charge is 0.337 e. The summed E-state index contributed by atoms with van der Waals surface area (Å²) in [5, 5.41) is 13.7. The molecule has 2 aromatic heterocycles. The first-order valence-corrected chi connectivity index (χ1v) is 9.77. The van der Waals surface area contributed by atoms with Crippen molar-refractivity contribution in [2.24, 2.45) is 0 Å². The lowest BCUT2D eigenvalue weighted by Gasteiger charge is -2.19. The van der Waals surface area contributed by atoms with E-state index in [1.54, 1.807) is 13.0 Å². The first-order valence-electron chi connectivity index (χ1n) is 8.89. The van der Waals surface area contributed by atoms with Crippen LogP contribution in [-0.2, 0) is 11.2 Å². The molecule has 0 aliphatic carbocycles. The number of hydrogen-bond acceptors (Lipinski definition) is 5. The third-order valence-electron chi connectivity index (χ3n) is 4.89. The molecule has 0 fully saturated rings. The van der Waals surface area contributed by atoms with Crippen LogP contribution in [0.3, 0.4) is 0 Å². The van der Waals surface area contributed by atoms with Crippen LogP contribution in [-0.4, -0.2) is 26.5 Å². The van der Waals surface area contributed by atoms with Gasteiger partial charge in [0.25, 0.3) is 5.56 Å². The van der Waals surface area contributed by atoms with E-state index in [1.807, 2.05) is 32.9 Å². The average Bonchev–Trinajstić information content (AvgIpc) is 3.09. The second kappa shape index (κ2) is 7.55. The van der Waals surface area contributed by atoms with Crippen LogP contribution in [0.5, 0.6) is 0 Å². The van der Waals surface area contributed by atoms with Gasteiger partial charge >= 0.3 is 5.97 Å². The molecular formula is C20H21N3O4S. The minimum Gasteiger partial charge on any atom is -0.478 e. The summed E-state index contributed by atoms with van der Waals surface area (Å²) in [4.78, 5) is 42.2. The Bertz CT molecular complexity index is 1150. The van der Waals surface area contributed by atoms with Gasteiger partial charge in [-0.2, -0.15) is 0 Å². The molecule has 0 spiro atoms. The normalized spacial score (nSPS) is 12.1. The van der Waals surface area contributed by atoms with Crippen molar-refractivity contribution >= 4 is 39.1 Å². The highest BCUT2D eigenvalue weighted by Crippen LogP contribution is 2.24. The van der Waals surface area contributed by atoms with E-state index in [2.05, 4.69) is 10.3 Å². The molecule has 1 unspecified atom stereocenters. The highest BCUT2D eigenvalue weighted by Gasteiger charge is 2.25. The number of aromatic carboxylic acids is 1. The Hall–Kier alpha value is -3.00. The molecule has 1 amide bonds. The minimum absolute atomic E-state index is 0.0427. The standard InChI is InChI=1S/C20H21N3O4S/c1-5-15-22-18-16(13(9-28-18)20(26)27)19(25)23(15)12(4)17(24)21-14-8-6-7-10(2)11(14)3/h6-9,12H,5H2,1-4H3,(H,21,24)(H,26,27). The summed E-state index contributed by atoms with van der Waals surface area (Å²) < 4.78 is 1.29. The van der Waals surface area contributed by atoms with E-state index in [-0.39, 0.29) is 16.9 Å². The molecule has 7 nitrogen and oxygen atoms in total. The van der Waals surface area contributed by atoms with Gasteiger partial charge < -0.3 is 10.4 Å². The van der Waals surface area contributed by atoms with Crippen molar-refractivity contribution in [3.05, 3.63) is 56.4 Å². The molecule has 0 aliphatic heterocycles. The predicted octanol–water partition coefficient (Wildman–Crippen LogP) is 3.54. The number of hydrogen-bond donors (Lipinski definition) is 2. The summed E-state index contributed by atoms with van der Waals surface area (Å²) in [6, 6.07) is 4.76. The van der Waals surface area contributed by atoms with Gasteiger partial charge in [-0.3, -0.25) is 14.2 Å². The van der Waals surface area contributed by atoms with Crippen LogP contribution in [0, 0.1) is 13.8 Å². The predicted molar refractivity (Wildman–Crippen MR) is 109 cm³/mol. The maximum atomic E-state index is 13.1. The zero-order chi connectivity index (χ0) is 20.6. The first kappa shape index (κ1) is 19.8. The molecule has 0 aliphatic rings. The lowest BCUT2D eigenvalue weighted by Crippen LogP contribution is -2.34. The molecule has 2 heterocycles. The molecule has 146 valence electrons. The maximum Gasteiger partial charge on any atom is 0.337 e. The number of carboxylic acids is 1. The second-order valence-electron chi connectivity index (χ2n) is 6.60. The van der Waals surface area contributed by atoms with Crippen molar-refractivity contribution in [2.45, 2.75) is 40.2 Å². The van der Waals surface area contributed by atoms with E-state index in [1.165, 1.54) is 9.95 Å². The Morgan fingerprint density at radius 3 is 2.68 bits per heavy atom. The van der Waals surface area contributed by atoms with Gasteiger partial charge in [0, 0.05) is 17.5 Å². The van der Waals surface area contributed by atoms with E-state index in [4.69, 9.17) is 0 Å². The summed E-state index contributed by atoms with van der Waals surface area (Å²) >= 11 is 1.12. The number of benzene rings is 1. The van der Waals surface area contributed by atoms with Gasteiger partial charge in [0.05, 0.1) is 10.9 Å². The van der Waals surface area contributed by atoms with Gasteiger partial charge in [-0.1, -0.05) is 19.1 Å². The maximum absolute atomic E-state index is 13.1. The third kappa shape index (κ3) is 3.31. The van der Waals surface area contributed by atoms with E-state index in [0.717, 1.165) is 22.5 Å². The highest BCUT2D eigenvalue weighted by molar-refractivity contribution is 7.17. The number of aryl methyl sites for hydroxylation is 2. The summed E-state index contributed by atoms with van der Waals surface area (Å²) in [5.74, 6) is -1.10. The van der Waals surface area contributed by atoms with Gasteiger partial charge in [-0.15, -0.1) is 11.3 Å². The number of thiophene rings is 1. The Labute approximate surface area is 165 Å². The number of nitrogens with one attached hydrogen (secondary N) is 1. The minimum atomic E-state index is -1.19. The fraction of sp³-hybridized carbons (Fsp3) is 0.300. The number of rotatable bonds is 5. The Morgan fingerprint density at radius 2 is 2.04 bits per heavy atom. The van der Waals surface area contributed by atoms with Gasteiger partial charge in [-0.05, 0) is 38.0 Å². The summed E-state index contributed by atoms with van der Waals surface area (Å²) in [6.45, 7) is 7.32. The van der Waals surface area contributed by atoms with Crippen molar-refractivity contribution in [2.75, 3.05) is 5.32 Å². The average molecular weight is 399 g/mol. The van der Waals surface area contributed by atoms with Gasteiger partial charge in [0.15, 0.2) is 0 Å². The van der Waals surface area contributed by atoms with Crippen LogP contribution in [0.25, 0.3) is 10.2 Å². The van der Waals surface area contributed by atoms with Crippen molar-refractivity contribution in [1.82, 2.24) is 9.55 Å². The number of amides is 1. The lowest BCUT2D eigenvalue weighted by atomic mass is 10.1. The van der Waals surface area contributed by atoms with Crippen LogP contribution in [0.4, 0.5) is 5.69 Å². The van der Waals surface area contributed by atoms with Crippen molar-refractivity contribution in [3.63, 3.8) is 0 Å². The quantitative estimate of drug-likeness (QED) is 0.683. The van der Waals surface area contributed by atoms with Crippen molar-refractivity contribution in [3.8, 4) is 0 Å². The molecule has 3 rings (SSSR count). The molecule has 0 radical (unpaired) electrons. The molecule has 2 N–H and O–H groups in total. The van der Waals surface area contributed by atoms with Crippen molar-refractivity contribution in [1.29, 1.82) is 0 Å². The molecular weight excluding hydrogens is 378 g/mol. The number of fused-ring (bicyclic) bond motifs is 1. The lowest BCUT2D eigenvalue weighted by molar-refractivity contribution is -0.118. The van der Waals surface area contributed by atoms with Crippen molar-refractivity contribution < 1.29 is 14.7 Å². The summed E-state index contributed by atoms with van der Waals surface area (Å²) in [6.07, 6.45) is 0.437. The zero-order valence-corrected chi connectivity index (χ0v) is 16.9. The topological polar surface area (TPSA) is 101 Å². The monoisotopic (exact) mass is 399 g/mol. The Kier molecular flexibility index (Phi) is 5.33. The van der Waals surface area contributed by atoms with Gasteiger partial charge in [0.2, 0.25) is 5.91 Å². The summed E-state index contributed by atoms with van der Waals surface area (Å²) in [5.41, 5.74) is 2.08. The Balaban J connectivity index is 2.08. The highest BCUT2D eigenvalue weighted by atomic mass is 32.1. The molecule has 8 heteroatoms. The van der Waals surface area contributed by atoms with Gasteiger partial charge in [-0.25, -0.2) is 9.78 Å². The fourth-order valence-corrected chi connectivity index (χ4v) is 4.01. The SMILES string of the molecule is CCc1nc2scc(C(=O)O)c2c(=O)n1C(C)C(=O)Nc1cccc(C)c1C. The fourth-order valence-electron chi connectivity index (χ4n) is 3.09. The molecule has 1 aromatic carbocycles. The number of carbonyl (C=O) groups is 2. The number of carbonyl (C=O) groups excluding carboxylic acids is 1. The van der Waals surface area contributed by atoms with Crippen LogP contribution in [0.15, 0.2) is 28.4 Å². The molecule has 1 atom stereocenters. The second-order valence-corrected chi connectivity index (χ2v) is 7.46. The molecule has 0 saturated carbocycles. The largest absolute Gasteiger partial charge is 0.478 e. The van der Waals surface area contributed by atoms with E-state index in [9.17, 15) is 19.5 Å². The number of anilines is 1. The third-order valence-corrected chi connectivity index (χ3v) is 5.76. The van der Waals surface area contributed by atoms with Crippen LogP contribution >= 0.6 is 11.3 Å². The summed E-state index contributed by atoms with van der Waals surface area (Å²) in [7, 11) is 0. The van der Waals surface area contributed by atoms with Gasteiger partial charge in [0.1, 0.15) is 16.7 Å². The van der Waals surface area contributed by atoms with Crippen LogP contribution in [0.2, 0.25) is 0 Å². The molecule has 3 aromatic rings. The van der Waals surface area contributed by atoms with Crippen LogP contribution in [0.1, 0.15) is 47.2 Å². The molecule has 28 heavy (non-hydrogen) atoms. The van der Waals surface area contributed by atoms with Crippen LogP contribution < -0.4 is 10.9 Å². The van der Waals surface area contributed by atoms with E-state index < -0.39 is 17.6 Å². The Morgan fingerprint density at radius 1 is 1.32 bits per heavy atom. The molecule has 0 bridgehead atoms. The number of carboxylic acid groups (broad SMARTS) is 1.